The second kappa shape index (κ2) is 8.47. The molecule has 1 heterocycles. The lowest BCUT2D eigenvalue weighted by atomic mass is 10.1. The molecule has 3 amide bonds. The number of hydrogen-bond donors (Lipinski definition) is 2. The Hall–Kier alpha value is -3.48. The zero-order chi connectivity index (χ0) is 20.1. The first-order valence-corrected chi connectivity index (χ1v) is 8.89. The van der Waals surface area contributed by atoms with E-state index in [1.165, 1.54) is 17.0 Å². The van der Waals surface area contributed by atoms with Crippen molar-refractivity contribution in [3.8, 4) is 0 Å². The summed E-state index contributed by atoms with van der Waals surface area (Å²) >= 11 is 0. The quantitative estimate of drug-likeness (QED) is 0.781. The van der Waals surface area contributed by atoms with E-state index in [1.807, 2.05) is 24.3 Å². The molecule has 0 saturated carbocycles. The van der Waals surface area contributed by atoms with Gasteiger partial charge in [-0.1, -0.05) is 24.8 Å². The number of rotatable bonds is 5. The van der Waals surface area contributed by atoms with E-state index in [1.54, 1.807) is 0 Å². The molecule has 1 aliphatic rings. The summed E-state index contributed by atoms with van der Waals surface area (Å²) in [6.07, 6.45) is 2.91. The van der Waals surface area contributed by atoms with E-state index in [2.05, 4.69) is 17.2 Å². The highest BCUT2D eigenvalue weighted by Crippen LogP contribution is 2.27. The van der Waals surface area contributed by atoms with Gasteiger partial charge in [0.2, 0.25) is 17.7 Å². The van der Waals surface area contributed by atoms with Gasteiger partial charge in [0.1, 0.15) is 12.4 Å². The van der Waals surface area contributed by atoms with E-state index < -0.39 is 17.6 Å². The molecule has 1 aliphatic heterocycles. The molecule has 2 aromatic carbocycles. The number of nitrogens with zero attached hydrogens (tertiary/aromatic N) is 1. The predicted molar refractivity (Wildman–Crippen MR) is 106 cm³/mol. The number of carbonyl (C=O) groups is 3. The molecule has 2 N–H and O–H groups in total. The zero-order valence-electron chi connectivity index (χ0n) is 15.2. The van der Waals surface area contributed by atoms with Crippen molar-refractivity contribution in [2.75, 3.05) is 22.1 Å². The fraction of sp³-hybridized carbons (Fsp3) is 0.190. The van der Waals surface area contributed by atoms with Crippen LogP contribution in [0.5, 0.6) is 0 Å². The maximum absolute atomic E-state index is 13.8. The van der Waals surface area contributed by atoms with Crippen molar-refractivity contribution in [1.29, 1.82) is 0 Å². The summed E-state index contributed by atoms with van der Waals surface area (Å²) in [5, 5.41) is 4.98. The Kier molecular flexibility index (Phi) is 5.84. The Morgan fingerprint density at radius 3 is 2.71 bits per heavy atom. The lowest BCUT2D eigenvalue weighted by Crippen LogP contribution is -2.37. The molecular formula is C21H20FN3O3. The van der Waals surface area contributed by atoms with Crippen molar-refractivity contribution in [1.82, 2.24) is 0 Å². The molecule has 0 spiro atoms. The number of benzene rings is 2. The van der Waals surface area contributed by atoms with Gasteiger partial charge in [-0.2, -0.15) is 0 Å². The van der Waals surface area contributed by atoms with Crippen LogP contribution < -0.4 is 15.5 Å². The van der Waals surface area contributed by atoms with Crippen molar-refractivity contribution in [3.63, 3.8) is 0 Å². The van der Waals surface area contributed by atoms with Gasteiger partial charge in [-0.25, -0.2) is 4.39 Å². The minimum Gasteiger partial charge on any atom is -0.324 e. The van der Waals surface area contributed by atoms with Gasteiger partial charge in [0.25, 0.3) is 0 Å². The number of halogens is 1. The van der Waals surface area contributed by atoms with Gasteiger partial charge in [-0.3, -0.25) is 14.4 Å². The first-order chi connectivity index (χ1) is 13.5. The highest BCUT2D eigenvalue weighted by molar-refractivity contribution is 6.04. The molecule has 0 saturated heterocycles. The third-order valence-corrected chi connectivity index (χ3v) is 4.42. The summed E-state index contributed by atoms with van der Waals surface area (Å²) in [5.41, 5.74) is 2.00. The van der Waals surface area contributed by atoms with Crippen LogP contribution in [0.1, 0.15) is 18.4 Å². The summed E-state index contributed by atoms with van der Waals surface area (Å²) in [6.45, 7) is 3.16. The smallest absolute Gasteiger partial charge is 0.247 e. The lowest BCUT2D eigenvalue weighted by molar-refractivity contribution is -0.121. The SMILES string of the molecule is C=CC(=O)Nc1cc(NC(=O)CN2C(=O)CCCc3ccccc32)ccc1F. The summed E-state index contributed by atoms with van der Waals surface area (Å²) in [4.78, 5) is 37.8. The average Bonchev–Trinajstić information content (AvgIpc) is 2.83. The fourth-order valence-electron chi connectivity index (χ4n) is 3.08. The predicted octanol–water partition coefficient (Wildman–Crippen LogP) is 3.26. The highest BCUT2D eigenvalue weighted by Gasteiger charge is 2.24. The molecule has 144 valence electrons. The van der Waals surface area contributed by atoms with E-state index >= 15 is 0 Å². The van der Waals surface area contributed by atoms with Crippen LogP contribution in [-0.2, 0) is 20.8 Å². The number of amides is 3. The number of anilines is 3. The zero-order valence-corrected chi connectivity index (χ0v) is 15.2. The standard InChI is InChI=1S/C21H20FN3O3/c1-2-19(26)24-17-12-15(10-11-16(17)22)23-20(27)13-25-18-8-4-3-6-14(18)7-5-9-21(25)28/h2-4,6,8,10-12H,1,5,7,9,13H2,(H,23,27)(H,24,26). The van der Waals surface area contributed by atoms with E-state index in [0.29, 0.717) is 12.1 Å². The third-order valence-electron chi connectivity index (χ3n) is 4.42. The fourth-order valence-corrected chi connectivity index (χ4v) is 3.08. The second-order valence-electron chi connectivity index (χ2n) is 6.40. The Bertz CT molecular complexity index is 942. The average molecular weight is 381 g/mol. The topological polar surface area (TPSA) is 78.5 Å². The summed E-state index contributed by atoms with van der Waals surface area (Å²) in [7, 11) is 0. The van der Waals surface area contributed by atoms with Crippen LogP contribution in [0.4, 0.5) is 21.5 Å². The van der Waals surface area contributed by atoms with Crippen LogP contribution in [0.15, 0.2) is 55.1 Å². The van der Waals surface area contributed by atoms with Gasteiger partial charge in [-0.05, 0) is 48.7 Å². The van der Waals surface area contributed by atoms with Crippen LogP contribution in [0.2, 0.25) is 0 Å². The normalized spacial score (nSPS) is 13.3. The summed E-state index contributed by atoms with van der Waals surface area (Å²) in [5.74, 6) is -1.73. The van der Waals surface area contributed by atoms with Gasteiger partial charge in [0.15, 0.2) is 0 Å². The Balaban J connectivity index is 1.75. The van der Waals surface area contributed by atoms with Crippen LogP contribution in [0.3, 0.4) is 0 Å². The molecular weight excluding hydrogens is 361 g/mol. The minimum atomic E-state index is -0.634. The van der Waals surface area contributed by atoms with Crippen LogP contribution in [0, 0.1) is 5.82 Å². The molecule has 0 atom stereocenters. The molecule has 0 unspecified atom stereocenters. The van der Waals surface area contributed by atoms with Crippen LogP contribution >= 0.6 is 0 Å². The Morgan fingerprint density at radius 1 is 1.14 bits per heavy atom. The first kappa shape index (κ1) is 19.3. The molecule has 0 bridgehead atoms. The van der Waals surface area contributed by atoms with Crippen LogP contribution in [0.25, 0.3) is 0 Å². The van der Waals surface area contributed by atoms with Crippen molar-refractivity contribution in [2.45, 2.75) is 19.3 Å². The Labute approximate surface area is 162 Å². The molecule has 0 aromatic heterocycles. The number of hydrogen-bond acceptors (Lipinski definition) is 3. The van der Waals surface area contributed by atoms with E-state index in [-0.39, 0.29) is 18.1 Å². The van der Waals surface area contributed by atoms with E-state index in [0.717, 1.165) is 36.2 Å². The first-order valence-electron chi connectivity index (χ1n) is 8.89. The number of aryl methyl sites for hydroxylation is 1. The van der Waals surface area contributed by atoms with E-state index in [9.17, 15) is 18.8 Å². The molecule has 6 nitrogen and oxygen atoms in total. The molecule has 28 heavy (non-hydrogen) atoms. The number of para-hydroxylation sites is 1. The van der Waals surface area contributed by atoms with Gasteiger partial charge in [-0.15, -0.1) is 0 Å². The molecule has 0 fully saturated rings. The van der Waals surface area contributed by atoms with Gasteiger partial charge in [0.05, 0.1) is 5.69 Å². The van der Waals surface area contributed by atoms with Crippen LogP contribution in [-0.4, -0.2) is 24.3 Å². The highest BCUT2D eigenvalue weighted by atomic mass is 19.1. The van der Waals surface area contributed by atoms with Crippen molar-refractivity contribution >= 4 is 34.8 Å². The maximum Gasteiger partial charge on any atom is 0.247 e. The second-order valence-corrected chi connectivity index (χ2v) is 6.40. The number of nitrogens with one attached hydrogen (secondary N) is 2. The largest absolute Gasteiger partial charge is 0.324 e. The summed E-state index contributed by atoms with van der Waals surface area (Å²) in [6, 6.07) is 11.4. The monoisotopic (exact) mass is 381 g/mol. The van der Waals surface area contributed by atoms with Gasteiger partial charge >= 0.3 is 0 Å². The number of fused-ring (bicyclic) bond motifs is 1. The molecule has 7 heteroatoms. The lowest BCUT2D eigenvalue weighted by Gasteiger charge is -2.22. The summed E-state index contributed by atoms with van der Waals surface area (Å²) < 4.78 is 13.8. The third kappa shape index (κ3) is 4.43. The molecule has 3 rings (SSSR count). The van der Waals surface area contributed by atoms with Crippen molar-refractivity contribution in [3.05, 3.63) is 66.5 Å². The molecule has 0 aliphatic carbocycles. The van der Waals surface area contributed by atoms with Crippen molar-refractivity contribution < 1.29 is 18.8 Å². The minimum absolute atomic E-state index is 0.0705. The number of carbonyl (C=O) groups excluding carboxylic acids is 3. The molecule has 2 aromatic rings. The maximum atomic E-state index is 13.8. The Morgan fingerprint density at radius 2 is 1.93 bits per heavy atom. The van der Waals surface area contributed by atoms with Gasteiger partial charge < -0.3 is 15.5 Å². The van der Waals surface area contributed by atoms with Crippen molar-refractivity contribution in [2.24, 2.45) is 0 Å². The van der Waals surface area contributed by atoms with E-state index in [4.69, 9.17) is 0 Å². The van der Waals surface area contributed by atoms with Gasteiger partial charge in [0, 0.05) is 17.8 Å². The molecule has 0 radical (unpaired) electrons.